The Balaban J connectivity index is 1.79. The molecule has 0 unspecified atom stereocenters. The van der Waals surface area contributed by atoms with Gasteiger partial charge in [-0.3, -0.25) is 9.59 Å². The number of carbonyl (C=O) groups excluding carboxylic acids is 1. The van der Waals surface area contributed by atoms with Crippen LogP contribution in [0.3, 0.4) is 0 Å². The first-order valence-corrected chi connectivity index (χ1v) is 8.47. The molecule has 0 radical (unpaired) electrons. The molecule has 2 N–H and O–H groups in total. The van der Waals surface area contributed by atoms with E-state index >= 15 is 0 Å². The van der Waals surface area contributed by atoms with Gasteiger partial charge in [0.2, 0.25) is 0 Å². The van der Waals surface area contributed by atoms with Crippen LogP contribution in [0, 0.1) is 0 Å². The molecule has 8 heteroatoms. The Morgan fingerprint density at radius 2 is 2.23 bits per heavy atom. The van der Waals surface area contributed by atoms with E-state index in [0.717, 1.165) is 18.4 Å². The molecule has 1 aliphatic carbocycles. The smallest absolute Gasteiger partial charge is 0.262 e. The van der Waals surface area contributed by atoms with Crippen LogP contribution in [-0.4, -0.2) is 27.0 Å². The van der Waals surface area contributed by atoms with Gasteiger partial charge in [0.25, 0.3) is 11.5 Å². The zero-order valence-electron chi connectivity index (χ0n) is 16.9. The topological polar surface area (TPSA) is 81.0 Å². The first-order chi connectivity index (χ1) is 13.6. The number of aryl methyl sites for hydroxylation is 1. The summed E-state index contributed by atoms with van der Waals surface area (Å²) in [5.74, 6) is -0.827. The molecule has 3 aromatic heterocycles. The number of pyridine rings is 2. The van der Waals surface area contributed by atoms with E-state index < -0.39 is 12.9 Å². The molecular weight excluding hydrogens is 354 g/mol. The van der Waals surface area contributed by atoms with Crippen molar-refractivity contribution in [2.45, 2.75) is 18.9 Å². The van der Waals surface area contributed by atoms with Crippen molar-refractivity contribution < 1.29 is 8.91 Å². The van der Waals surface area contributed by atoms with E-state index in [4.69, 9.17) is 15.7 Å². The van der Waals surface area contributed by atoms with E-state index in [1.165, 1.54) is 12.3 Å². The number of nitrogens with one attached hydrogen (secondary N) is 2. The number of aromatic nitrogens is 3. The Morgan fingerprint density at radius 1 is 1.42 bits per heavy atom. The fourth-order valence-electron chi connectivity index (χ4n) is 3.08. The number of fused-ring (bicyclic) bond motifs is 1. The number of hydrogen-bond donors (Lipinski definition) is 2. The fraction of sp³-hybridized carbons (Fsp3) is 0.278. The number of hydrogen-bond acceptors (Lipinski definition) is 4. The maximum Gasteiger partial charge on any atom is 0.262 e. The monoisotopic (exact) mass is 374 g/mol. The van der Waals surface area contributed by atoms with Crippen LogP contribution in [-0.2, 0) is 7.05 Å². The Hall–Kier alpha value is -2.80. The van der Waals surface area contributed by atoms with Gasteiger partial charge in [0.1, 0.15) is 5.15 Å². The van der Waals surface area contributed by atoms with E-state index in [0.29, 0.717) is 11.1 Å². The van der Waals surface area contributed by atoms with Crippen LogP contribution in [0.2, 0.25) is 5.15 Å². The molecule has 4 rings (SSSR count). The molecule has 1 fully saturated rings. The van der Waals surface area contributed by atoms with Gasteiger partial charge in [0.05, 0.1) is 27.8 Å². The summed E-state index contributed by atoms with van der Waals surface area (Å²) < 4.78 is 25.2. The van der Waals surface area contributed by atoms with Gasteiger partial charge in [0.15, 0.2) is 0 Å². The van der Waals surface area contributed by atoms with E-state index in [2.05, 4.69) is 10.3 Å². The van der Waals surface area contributed by atoms with Gasteiger partial charge in [-0.05, 0) is 25.0 Å². The first-order valence-electron chi connectivity index (χ1n) is 9.59. The third-order valence-corrected chi connectivity index (χ3v) is 4.71. The molecule has 7 nitrogen and oxygen atoms in total. The SMILES string of the molecule is [2H]C([2H])([2H])NC(=O)c1cnc(Cl)cc1Nc1cn(C)c2ccn(C3CC3)c(=O)c12. The van der Waals surface area contributed by atoms with E-state index in [1.54, 1.807) is 21.5 Å². The van der Waals surface area contributed by atoms with Crippen molar-refractivity contribution in [3.8, 4) is 0 Å². The molecule has 0 aliphatic heterocycles. The standard InChI is InChI=1S/C18H18ClN5O2/c1-20-17(25)11-8-21-15(19)7-12(11)22-13-9-23(2)14-5-6-24(10-3-4-10)18(26)16(13)14/h5-10H,3-4H2,1-2H3,(H,20,25)(H,21,22)/i1D3. The van der Waals surface area contributed by atoms with Crippen molar-refractivity contribution in [3.05, 3.63) is 51.8 Å². The van der Waals surface area contributed by atoms with Gasteiger partial charge in [-0.25, -0.2) is 4.98 Å². The maximum absolute atomic E-state index is 13.0. The van der Waals surface area contributed by atoms with Gasteiger partial charge in [-0.15, -0.1) is 0 Å². The molecule has 0 atom stereocenters. The summed E-state index contributed by atoms with van der Waals surface area (Å²) in [6.07, 6.45) is 6.67. The summed E-state index contributed by atoms with van der Waals surface area (Å²) in [5.41, 5.74) is 1.36. The number of rotatable bonds is 4. The highest BCUT2D eigenvalue weighted by atomic mass is 35.5. The highest BCUT2D eigenvalue weighted by Crippen LogP contribution is 2.35. The lowest BCUT2D eigenvalue weighted by Crippen LogP contribution is -2.20. The minimum absolute atomic E-state index is 0.000905. The minimum Gasteiger partial charge on any atom is -0.355 e. The number of carbonyl (C=O) groups is 1. The molecule has 3 aromatic rings. The van der Waals surface area contributed by atoms with Crippen molar-refractivity contribution >= 4 is 39.8 Å². The van der Waals surface area contributed by atoms with E-state index in [9.17, 15) is 9.59 Å². The molecule has 1 aliphatic rings. The molecule has 1 amide bonds. The molecule has 134 valence electrons. The van der Waals surface area contributed by atoms with Gasteiger partial charge in [0, 0.05) is 42.8 Å². The van der Waals surface area contributed by atoms with E-state index in [1.807, 2.05) is 18.4 Å². The third kappa shape index (κ3) is 2.74. The van der Waals surface area contributed by atoms with Crippen molar-refractivity contribution in [2.75, 3.05) is 12.3 Å². The largest absolute Gasteiger partial charge is 0.355 e. The number of amides is 1. The summed E-state index contributed by atoms with van der Waals surface area (Å²) in [4.78, 5) is 29.3. The predicted molar refractivity (Wildman–Crippen MR) is 101 cm³/mol. The van der Waals surface area contributed by atoms with Crippen molar-refractivity contribution in [3.63, 3.8) is 0 Å². The normalized spacial score (nSPS) is 16.0. The van der Waals surface area contributed by atoms with Crippen molar-refractivity contribution in [2.24, 2.45) is 7.05 Å². The second-order valence-corrected chi connectivity index (χ2v) is 6.69. The van der Waals surface area contributed by atoms with Gasteiger partial charge >= 0.3 is 0 Å². The lowest BCUT2D eigenvalue weighted by Gasteiger charge is -2.11. The first kappa shape index (κ1) is 13.4. The van der Waals surface area contributed by atoms with Crippen LogP contribution in [0.15, 0.2) is 35.5 Å². The van der Waals surface area contributed by atoms with Crippen LogP contribution in [0.1, 0.15) is 33.4 Å². The molecular formula is C18H18ClN5O2. The van der Waals surface area contributed by atoms with Gasteiger partial charge < -0.3 is 19.8 Å². The highest BCUT2D eigenvalue weighted by molar-refractivity contribution is 6.29. The Labute approximate surface area is 158 Å². The number of anilines is 2. The predicted octanol–water partition coefficient (Wildman–Crippen LogP) is 2.83. The Morgan fingerprint density at radius 3 is 2.96 bits per heavy atom. The zero-order valence-corrected chi connectivity index (χ0v) is 14.7. The average Bonchev–Trinajstić information content (AvgIpc) is 3.39. The van der Waals surface area contributed by atoms with Crippen molar-refractivity contribution in [1.82, 2.24) is 19.4 Å². The van der Waals surface area contributed by atoms with Crippen LogP contribution < -0.4 is 16.2 Å². The second kappa shape index (κ2) is 6.17. The molecule has 0 aromatic carbocycles. The molecule has 1 saturated carbocycles. The number of halogens is 1. The summed E-state index contributed by atoms with van der Waals surface area (Å²) in [6, 6.07) is 3.51. The molecule has 0 saturated heterocycles. The van der Waals surface area contributed by atoms with E-state index in [-0.39, 0.29) is 28.0 Å². The zero-order chi connectivity index (χ0) is 20.9. The van der Waals surface area contributed by atoms with Gasteiger partial charge in [-0.2, -0.15) is 0 Å². The molecule has 3 heterocycles. The van der Waals surface area contributed by atoms with Crippen molar-refractivity contribution in [1.29, 1.82) is 0 Å². The van der Waals surface area contributed by atoms with Gasteiger partial charge in [-0.1, -0.05) is 11.6 Å². The summed E-state index contributed by atoms with van der Waals surface area (Å²) in [7, 11) is 1.82. The summed E-state index contributed by atoms with van der Waals surface area (Å²) >= 11 is 5.99. The van der Waals surface area contributed by atoms with Crippen LogP contribution in [0.25, 0.3) is 10.9 Å². The van der Waals surface area contributed by atoms with Crippen LogP contribution in [0.4, 0.5) is 11.4 Å². The second-order valence-electron chi connectivity index (χ2n) is 6.30. The summed E-state index contributed by atoms with van der Waals surface area (Å²) in [6.45, 7) is -2.65. The quantitative estimate of drug-likeness (QED) is 0.688. The molecule has 0 spiro atoms. The minimum atomic E-state index is -2.65. The Kier molecular flexibility index (Phi) is 3.18. The molecule has 0 bridgehead atoms. The maximum atomic E-state index is 13.0. The van der Waals surface area contributed by atoms with Crippen LogP contribution >= 0.6 is 11.6 Å². The van der Waals surface area contributed by atoms with Crippen LogP contribution in [0.5, 0.6) is 0 Å². The summed E-state index contributed by atoms with van der Waals surface area (Å²) in [5, 5.41) is 5.60. The lowest BCUT2D eigenvalue weighted by atomic mass is 10.2. The molecule has 26 heavy (non-hydrogen) atoms. The lowest BCUT2D eigenvalue weighted by molar-refractivity contribution is 0.0963. The average molecular weight is 375 g/mol. The Bertz CT molecular complexity index is 1180. The fourth-order valence-corrected chi connectivity index (χ4v) is 3.24. The third-order valence-electron chi connectivity index (χ3n) is 4.51. The number of nitrogens with zero attached hydrogens (tertiary/aromatic N) is 3. The highest BCUT2D eigenvalue weighted by Gasteiger charge is 2.26.